The van der Waals surface area contributed by atoms with E-state index in [4.69, 9.17) is 0 Å². The number of unbranched alkanes of at least 4 members (excludes halogenated alkanes) is 2. The van der Waals surface area contributed by atoms with Gasteiger partial charge in [0.05, 0.1) is 5.69 Å². The van der Waals surface area contributed by atoms with Crippen LogP contribution in [0.3, 0.4) is 0 Å². The van der Waals surface area contributed by atoms with Gasteiger partial charge in [0.2, 0.25) is 0 Å². The summed E-state index contributed by atoms with van der Waals surface area (Å²) >= 11 is 0. The Balaban J connectivity index is 0.000000413. The number of aromatic nitrogens is 1. The number of carbonyl (C=O) groups is 1. The molecule has 0 fully saturated rings. The van der Waals surface area contributed by atoms with Crippen molar-refractivity contribution in [3.05, 3.63) is 100 Å². The molecule has 0 saturated carbocycles. The molecule has 0 saturated heterocycles. The number of anilines is 2. The number of aromatic amines is 1. The van der Waals surface area contributed by atoms with Gasteiger partial charge in [-0.05, 0) is 75.8 Å². The van der Waals surface area contributed by atoms with Crippen LogP contribution in [0.1, 0.15) is 126 Å². The summed E-state index contributed by atoms with van der Waals surface area (Å²) in [5.41, 5.74) is 10.5. The highest BCUT2D eigenvalue weighted by Crippen LogP contribution is 2.28. The van der Waals surface area contributed by atoms with Crippen LogP contribution in [-0.4, -0.2) is 18.3 Å². The Hall–Kier alpha value is -3.53. The molecule has 3 aromatic rings. The fourth-order valence-corrected chi connectivity index (χ4v) is 4.96. The van der Waals surface area contributed by atoms with E-state index in [0.717, 1.165) is 29.7 Å². The molecule has 1 unspecified atom stereocenters. The largest absolute Gasteiger partial charge is 0.386 e. The van der Waals surface area contributed by atoms with Gasteiger partial charge < -0.3 is 15.6 Å². The van der Waals surface area contributed by atoms with Crippen LogP contribution in [0.25, 0.3) is 6.08 Å². The van der Waals surface area contributed by atoms with E-state index in [1.165, 1.54) is 72.3 Å². The van der Waals surface area contributed by atoms with Crippen molar-refractivity contribution in [2.24, 2.45) is 0 Å². The third-order valence-corrected chi connectivity index (χ3v) is 7.26. The predicted octanol–water partition coefficient (Wildman–Crippen LogP) is 11.3. The molecule has 0 spiro atoms. The minimum absolute atomic E-state index is 0.673. The van der Waals surface area contributed by atoms with Gasteiger partial charge in [-0.2, -0.15) is 0 Å². The van der Waals surface area contributed by atoms with Crippen molar-refractivity contribution in [2.75, 3.05) is 17.7 Å². The summed E-state index contributed by atoms with van der Waals surface area (Å²) in [5.74, 6) is 0.673. The maximum atomic E-state index is 10.6. The summed E-state index contributed by atoms with van der Waals surface area (Å²) < 4.78 is 0. The van der Waals surface area contributed by atoms with Gasteiger partial charge in [0.25, 0.3) is 0 Å². The molecule has 0 bridgehead atoms. The second-order valence-corrected chi connectivity index (χ2v) is 10.6. The first kappa shape index (κ1) is 36.5. The molecule has 42 heavy (non-hydrogen) atoms. The maximum Gasteiger partial charge on any atom is 0.150 e. The van der Waals surface area contributed by atoms with Gasteiger partial charge in [-0.3, -0.25) is 4.79 Å². The summed E-state index contributed by atoms with van der Waals surface area (Å²) in [6, 6.07) is 18.4. The zero-order valence-corrected chi connectivity index (χ0v) is 27.9. The number of carbonyl (C=O) groups excluding carboxylic acids is 1. The number of hydrogen-bond acceptors (Lipinski definition) is 3. The molecular weight excluding hydrogens is 514 g/mol. The van der Waals surface area contributed by atoms with E-state index in [1.54, 1.807) is 0 Å². The highest BCUT2D eigenvalue weighted by atomic mass is 16.1. The van der Waals surface area contributed by atoms with Crippen molar-refractivity contribution >= 4 is 23.7 Å². The van der Waals surface area contributed by atoms with E-state index in [-0.39, 0.29) is 0 Å². The number of hydrogen-bond donors (Lipinski definition) is 3. The first-order valence-electron chi connectivity index (χ1n) is 16.0. The number of rotatable bonds is 14. The minimum Gasteiger partial charge on any atom is -0.386 e. The van der Waals surface area contributed by atoms with Crippen molar-refractivity contribution in [2.45, 2.75) is 106 Å². The van der Waals surface area contributed by atoms with Crippen molar-refractivity contribution in [1.82, 2.24) is 4.98 Å². The van der Waals surface area contributed by atoms with E-state index in [0.29, 0.717) is 5.92 Å². The molecule has 4 nitrogen and oxygen atoms in total. The van der Waals surface area contributed by atoms with Gasteiger partial charge >= 0.3 is 0 Å². The van der Waals surface area contributed by atoms with Crippen molar-refractivity contribution in [3.63, 3.8) is 0 Å². The Kier molecular flexibility index (Phi) is 18.4. The maximum absolute atomic E-state index is 10.6. The Bertz CT molecular complexity index is 1200. The zero-order valence-electron chi connectivity index (χ0n) is 27.9. The topological polar surface area (TPSA) is 56.9 Å². The van der Waals surface area contributed by atoms with Gasteiger partial charge in [0.1, 0.15) is 6.29 Å². The van der Waals surface area contributed by atoms with Gasteiger partial charge in [0.15, 0.2) is 0 Å². The third-order valence-electron chi connectivity index (χ3n) is 7.26. The molecule has 2 aromatic carbocycles. The van der Waals surface area contributed by atoms with Crippen LogP contribution in [0, 0.1) is 6.92 Å². The molecular formula is C38H57N3O. The highest BCUT2D eigenvalue weighted by molar-refractivity contribution is 5.75. The van der Waals surface area contributed by atoms with E-state index < -0.39 is 0 Å². The summed E-state index contributed by atoms with van der Waals surface area (Å²) in [7, 11) is 1.98. The highest BCUT2D eigenvalue weighted by Gasteiger charge is 2.11. The summed E-state index contributed by atoms with van der Waals surface area (Å²) in [6.07, 6.45) is 13.9. The molecule has 0 amide bonds. The number of benzene rings is 2. The third kappa shape index (κ3) is 12.1. The first-order valence-corrected chi connectivity index (χ1v) is 16.0. The summed E-state index contributed by atoms with van der Waals surface area (Å²) in [6.45, 7) is 17.0. The minimum atomic E-state index is 0.673. The number of H-pyrrole nitrogens is 1. The molecule has 1 atom stereocenters. The van der Waals surface area contributed by atoms with Gasteiger partial charge in [0, 0.05) is 40.9 Å². The predicted molar refractivity (Wildman–Crippen MR) is 187 cm³/mol. The van der Waals surface area contributed by atoms with Crippen molar-refractivity contribution < 1.29 is 4.79 Å². The molecule has 0 aliphatic rings. The lowest BCUT2D eigenvalue weighted by molar-refractivity contribution is 0.112. The van der Waals surface area contributed by atoms with Crippen LogP contribution in [0.4, 0.5) is 11.4 Å². The second-order valence-electron chi connectivity index (χ2n) is 10.6. The quantitative estimate of drug-likeness (QED) is 0.102. The lowest BCUT2D eigenvalue weighted by atomic mass is 9.89. The molecule has 0 radical (unpaired) electrons. The van der Waals surface area contributed by atoms with Crippen LogP contribution in [0.2, 0.25) is 0 Å². The van der Waals surface area contributed by atoms with E-state index in [9.17, 15) is 4.79 Å². The van der Waals surface area contributed by atoms with Crippen LogP contribution in [0.5, 0.6) is 0 Å². The summed E-state index contributed by atoms with van der Waals surface area (Å²) in [4.78, 5) is 14.1. The number of aldehydes is 1. The zero-order chi connectivity index (χ0) is 31.3. The molecule has 0 aliphatic heterocycles. The summed E-state index contributed by atoms with van der Waals surface area (Å²) in [5, 5.41) is 6.81. The molecule has 1 heterocycles. The Morgan fingerprint density at radius 1 is 0.905 bits per heavy atom. The molecule has 230 valence electrons. The van der Waals surface area contributed by atoms with Gasteiger partial charge in [-0.1, -0.05) is 108 Å². The average molecular weight is 572 g/mol. The number of aryl methyl sites for hydroxylation is 2. The van der Waals surface area contributed by atoms with Crippen LogP contribution in [0.15, 0.2) is 71.9 Å². The SMILES string of the molecule is CC.CCCCCC(CCC)c1ccc(C=O)cc1.CCc1[nH]c(C)c(/C=C\C(Nc2ccccc2)=C(C)C)c1NC. The van der Waals surface area contributed by atoms with Crippen LogP contribution >= 0.6 is 0 Å². The molecule has 0 aliphatic carbocycles. The smallest absolute Gasteiger partial charge is 0.150 e. The number of allylic oxidation sites excluding steroid dienone is 2. The van der Waals surface area contributed by atoms with Crippen LogP contribution in [-0.2, 0) is 6.42 Å². The van der Waals surface area contributed by atoms with E-state index >= 15 is 0 Å². The molecule has 3 N–H and O–H groups in total. The Labute approximate surface area is 257 Å². The van der Waals surface area contributed by atoms with Gasteiger partial charge in [-0.15, -0.1) is 0 Å². The lowest BCUT2D eigenvalue weighted by Gasteiger charge is -2.16. The molecule has 3 rings (SSSR count). The second kappa shape index (κ2) is 21.2. The monoisotopic (exact) mass is 571 g/mol. The Morgan fingerprint density at radius 3 is 2.10 bits per heavy atom. The number of nitrogens with one attached hydrogen (secondary N) is 3. The standard InChI is InChI=1S/C20H27N3.C16H24O.C2H6/c1-6-18-20(21-5)17(15(4)22-18)12-13-19(14(2)3)23-16-10-8-7-9-11-16;1-3-5-6-8-15(7-4-2)16-11-9-14(13-17)10-12-16;1-2/h7-13,21-23H,6H2,1-5H3;9-13,15H,3-8H2,1-2H3;1-2H3/b13-12-;;. The van der Waals surface area contributed by atoms with E-state index in [1.807, 2.05) is 51.2 Å². The lowest BCUT2D eigenvalue weighted by Crippen LogP contribution is -1.99. The van der Waals surface area contributed by atoms with Crippen molar-refractivity contribution in [1.29, 1.82) is 0 Å². The molecule has 1 aromatic heterocycles. The van der Waals surface area contributed by atoms with E-state index in [2.05, 4.69) is 93.6 Å². The fourth-order valence-electron chi connectivity index (χ4n) is 4.96. The Morgan fingerprint density at radius 2 is 1.57 bits per heavy atom. The first-order chi connectivity index (χ1) is 20.4. The number of para-hydroxylation sites is 1. The molecule has 4 heteroatoms. The van der Waals surface area contributed by atoms with Crippen molar-refractivity contribution in [3.8, 4) is 0 Å². The fraction of sp³-hybridized carbons (Fsp3) is 0.447. The van der Waals surface area contributed by atoms with Crippen LogP contribution < -0.4 is 10.6 Å². The van der Waals surface area contributed by atoms with Gasteiger partial charge in [-0.25, -0.2) is 0 Å². The normalized spacial score (nSPS) is 11.1. The average Bonchev–Trinajstić information content (AvgIpc) is 3.34.